The topological polar surface area (TPSA) is 38.0 Å². The van der Waals surface area contributed by atoms with Gasteiger partial charge in [-0.2, -0.15) is 0 Å². The van der Waals surface area contributed by atoms with Gasteiger partial charge in [-0.1, -0.05) is 36.4 Å². The minimum atomic E-state index is 0.818. The first kappa shape index (κ1) is 11.5. The van der Waals surface area contributed by atoms with Crippen molar-refractivity contribution in [3.8, 4) is 0 Å². The molecule has 3 N–H and O–H groups in total. The van der Waals surface area contributed by atoms with E-state index < -0.39 is 0 Å². The summed E-state index contributed by atoms with van der Waals surface area (Å²) in [6, 6.07) is 16.5. The number of hydrogen-bond acceptors (Lipinski definition) is 2. The summed E-state index contributed by atoms with van der Waals surface area (Å²) in [4.78, 5) is 0. The van der Waals surface area contributed by atoms with Gasteiger partial charge in [0, 0.05) is 6.54 Å². The number of benzene rings is 2. The van der Waals surface area contributed by atoms with Gasteiger partial charge in [-0.25, -0.2) is 0 Å². The zero-order chi connectivity index (χ0) is 12.1. The molecule has 0 spiro atoms. The summed E-state index contributed by atoms with van der Waals surface area (Å²) >= 11 is 0. The van der Waals surface area contributed by atoms with Gasteiger partial charge in [0.15, 0.2) is 0 Å². The van der Waals surface area contributed by atoms with Gasteiger partial charge < -0.3 is 11.1 Å². The van der Waals surface area contributed by atoms with E-state index in [1.54, 1.807) is 0 Å². The summed E-state index contributed by atoms with van der Waals surface area (Å²) < 4.78 is 0. The fourth-order valence-electron chi connectivity index (χ4n) is 1.83. The van der Waals surface area contributed by atoms with Crippen LogP contribution in [0.1, 0.15) is 11.1 Å². The second kappa shape index (κ2) is 5.39. The average Bonchev–Trinajstić information content (AvgIpc) is 2.33. The molecule has 0 amide bonds. The number of aryl methyl sites for hydroxylation is 1. The molecular weight excluding hydrogens is 208 g/mol. The molecule has 2 rings (SSSR count). The third-order valence-electron chi connectivity index (χ3n) is 2.78. The van der Waals surface area contributed by atoms with Gasteiger partial charge in [0.1, 0.15) is 0 Å². The van der Waals surface area contributed by atoms with E-state index in [4.69, 9.17) is 5.73 Å². The van der Waals surface area contributed by atoms with Gasteiger partial charge in [0.2, 0.25) is 0 Å². The Morgan fingerprint density at radius 3 is 2.53 bits per heavy atom. The fraction of sp³-hybridized carbons (Fsp3) is 0.200. The lowest BCUT2D eigenvalue weighted by Gasteiger charge is -2.09. The molecule has 0 bridgehead atoms. The van der Waals surface area contributed by atoms with E-state index in [-0.39, 0.29) is 0 Å². The van der Waals surface area contributed by atoms with Crippen LogP contribution in [0.5, 0.6) is 0 Å². The first-order valence-corrected chi connectivity index (χ1v) is 5.89. The first-order chi connectivity index (χ1) is 8.25. The summed E-state index contributed by atoms with van der Waals surface area (Å²) in [6.07, 6.45) is 1.01. The van der Waals surface area contributed by atoms with Gasteiger partial charge >= 0.3 is 0 Å². The van der Waals surface area contributed by atoms with Crippen LogP contribution in [0, 0.1) is 6.92 Å². The quantitative estimate of drug-likeness (QED) is 0.785. The molecule has 0 aromatic heterocycles. The number of anilines is 2. The molecule has 0 unspecified atom stereocenters. The number of nitrogens with one attached hydrogen (secondary N) is 1. The monoisotopic (exact) mass is 226 g/mol. The lowest BCUT2D eigenvalue weighted by molar-refractivity contribution is 1.02. The second-order valence-electron chi connectivity index (χ2n) is 4.25. The summed E-state index contributed by atoms with van der Waals surface area (Å²) in [6.45, 7) is 2.95. The van der Waals surface area contributed by atoms with E-state index in [1.165, 1.54) is 11.1 Å². The molecule has 2 aromatic rings. The Labute approximate surface area is 102 Å². The molecule has 2 heteroatoms. The molecule has 0 aliphatic heterocycles. The minimum Gasteiger partial charge on any atom is -0.397 e. The highest BCUT2D eigenvalue weighted by atomic mass is 14.9. The molecule has 0 saturated heterocycles. The Kier molecular flexibility index (Phi) is 3.66. The van der Waals surface area contributed by atoms with Crippen molar-refractivity contribution in [2.45, 2.75) is 13.3 Å². The maximum atomic E-state index is 5.94. The van der Waals surface area contributed by atoms with Crippen LogP contribution in [0.3, 0.4) is 0 Å². The number of nitrogen functional groups attached to an aromatic ring is 1. The molecule has 88 valence electrons. The molecular formula is C15H18N2. The molecule has 17 heavy (non-hydrogen) atoms. The molecule has 2 nitrogen and oxygen atoms in total. The Morgan fingerprint density at radius 1 is 1.06 bits per heavy atom. The molecule has 0 fully saturated rings. The molecule has 0 aliphatic rings. The van der Waals surface area contributed by atoms with Crippen molar-refractivity contribution in [1.29, 1.82) is 0 Å². The zero-order valence-corrected chi connectivity index (χ0v) is 10.1. The van der Waals surface area contributed by atoms with Crippen LogP contribution in [0.2, 0.25) is 0 Å². The Bertz CT molecular complexity index is 478. The van der Waals surface area contributed by atoms with E-state index in [1.807, 2.05) is 25.1 Å². The van der Waals surface area contributed by atoms with Crippen molar-refractivity contribution in [1.82, 2.24) is 0 Å². The van der Waals surface area contributed by atoms with Crippen molar-refractivity contribution >= 4 is 11.4 Å². The van der Waals surface area contributed by atoms with Crippen molar-refractivity contribution in [3.63, 3.8) is 0 Å². The lowest BCUT2D eigenvalue weighted by atomic mass is 10.1. The summed E-state index contributed by atoms with van der Waals surface area (Å²) in [5.74, 6) is 0. The lowest BCUT2D eigenvalue weighted by Crippen LogP contribution is -2.06. The standard InChI is InChI=1S/C15H18N2/c1-12-7-8-15(14(16)11-12)17-10-9-13-5-3-2-4-6-13/h2-8,11,17H,9-10,16H2,1H3. The number of nitrogens with two attached hydrogens (primary N) is 1. The smallest absolute Gasteiger partial charge is 0.0574 e. The number of hydrogen-bond donors (Lipinski definition) is 2. The van der Waals surface area contributed by atoms with Crippen LogP contribution in [0.15, 0.2) is 48.5 Å². The maximum Gasteiger partial charge on any atom is 0.0574 e. The van der Waals surface area contributed by atoms with E-state index in [0.29, 0.717) is 0 Å². The van der Waals surface area contributed by atoms with Crippen LogP contribution in [0.25, 0.3) is 0 Å². The maximum absolute atomic E-state index is 5.94. The fourth-order valence-corrected chi connectivity index (χ4v) is 1.83. The van der Waals surface area contributed by atoms with Gasteiger partial charge in [-0.05, 0) is 36.6 Å². The third-order valence-corrected chi connectivity index (χ3v) is 2.78. The first-order valence-electron chi connectivity index (χ1n) is 5.89. The SMILES string of the molecule is Cc1ccc(NCCc2ccccc2)c(N)c1. The Morgan fingerprint density at radius 2 is 1.82 bits per heavy atom. The van der Waals surface area contributed by atoms with Gasteiger partial charge in [-0.3, -0.25) is 0 Å². The second-order valence-corrected chi connectivity index (χ2v) is 4.25. The van der Waals surface area contributed by atoms with Crippen LogP contribution in [-0.2, 0) is 6.42 Å². The Balaban J connectivity index is 1.90. The van der Waals surface area contributed by atoms with Crippen LogP contribution in [0.4, 0.5) is 11.4 Å². The summed E-state index contributed by atoms with van der Waals surface area (Å²) in [5, 5.41) is 3.36. The largest absolute Gasteiger partial charge is 0.397 e. The molecule has 0 atom stereocenters. The van der Waals surface area contributed by atoms with E-state index in [2.05, 4.69) is 35.6 Å². The molecule has 0 heterocycles. The van der Waals surface area contributed by atoms with Gasteiger partial charge in [0.05, 0.1) is 11.4 Å². The predicted molar refractivity (Wildman–Crippen MR) is 74.2 cm³/mol. The van der Waals surface area contributed by atoms with E-state index in [0.717, 1.165) is 24.3 Å². The minimum absolute atomic E-state index is 0.818. The predicted octanol–water partition coefficient (Wildman–Crippen LogP) is 3.23. The van der Waals surface area contributed by atoms with Gasteiger partial charge in [0.25, 0.3) is 0 Å². The van der Waals surface area contributed by atoms with Crippen LogP contribution in [-0.4, -0.2) is 6.54 Å². The van der Waals surface area contributed by atoms with Crippen LogP contribution >= 0.6 is 0 Å². The van der Waals surface area contributed by atoms with Gasteiger partial charge in [-0.15, -0.1) is 0 Å². The molecule has 0 aliphatic carbocycles. The zero-order valence-electron chi connectivity index (χ0n) is 10.1. The van der Waals surface area contributed by atoms with Crippen LogP contribution < -0.4 is 11.1 Å². The molecule has 2 aromatic carbocycles. The van der Waals surface area contributed by atoms with Crippen molar-refractivity contribution in [2.75, 3.05) is 17.6 Å². The summed E-state index contributed by atoms with van der Waals surface area (Å²) in [5.41, 5.74) is 10.3. The molecule has 0 saturated carbocycles. The third kappa shape index (κ3) is 3.25. The molecule has 0 radical (unpaired) electrons. The summed E-state index contributed by atoms with van der Waals surface area (Å²) in [7, 11) is 0. The van der Waals surface area contributed by atoms with E-state index >= 15 is 0 Å². The van der Waals surface area contributed by atoms with Crippen molar-refractivity contribution in [3.05, 3.63) is 59.7 Å². The highest BCUT2D eigenvalue weighted by Gasteiger charge is 1.98. The van der Waals surface area contributed by atoms with Crippen molar-refractivity contribution < 1.29 is 0 Å². The highest BCUT2D eigenvalue weighted by Crippen LogP contribution is 2.19. The highest BCUT2D eigenvalue weighted by molar-refractivity contribution is 5.66. The van der Waals surface area contributed by atoms with Crippen molar-refractivity contribution in [2.24, 2.45) is 0 Å². The average molecular weight is 226 g/mol. The normalized spacial score (nSPS) is 10.2. The van der Waals surface area contributed by atoms with E-state index in [9.17, 15) is 0 Å². The number of rotatable bonds is 4. The Hall–Kier alpha value is -1.96.